The molecule has 0 amide bonds. The lowest BCUT2D eigenvalue weighted by Crippen LogP contribution is -2.41. The number of nitrogens with zero attached hydrogens (tertiary/aromatic N) is 1. The quantitative estimate of drug-likeness (QED) is 0.610. The van der Waals surface area contributed by atoms with E-state index in [0.29, 0.717) is 5.56 Å². The molecule has 1 aromatic carbocycles. The van der Waals surface area contributed by atoms with Crippen molar-refractivity contribution in [3.8, 4) is 0 Å². The highest BCUT2D eigenvalue weighted by Gasteiger charge is 2.51. The van der Waals surface area contributed by atoms with E-state index >= 15 is 0 Å². The van der Waals surface area contributed by atoms with Gasteiger partial charge in [-0.1, -0.05) is 24.3 Å². The SMILES string of the molecule is CC1(C)OB(c2ccc(C=O)cc2)OC1(C)C.CN1CCOCC1. The number of carbonyl (C=O) groups excluding carboxylic acids is 1. The first kappa shape index (κ1) is 19.1. The van der Waals surface area contributed by atoms with Gasteiger partial charge < -0.3 is 18.9 Å². The van der Waals surface area contributed by atoms with Crippen molar-refractivity contribution in [2.45, 2.75) is 38.9 Å². The summed E-state index contributed by atoms with van der Waals surface area (Å²) in [6.45, 7) is 12.1. The molecule has 3 rings (SSSR count). The predicted molar refractivity (Wildman–Crippen MR) is 95.9 cm³/mol. The van der Waals surface area contributed by atoms with Gasteiger partial charge in [0.25, 0.3) is 0 Å². The Hall–Kier alpha value is -1.21. The van der Waals surface area contributed by atoms with E-state index in [1.54, 1.807) is 12.1 Å². The highest BCUT2D eigenvalue weighted by molar-refractivity contribution is 6.62. The lowest BCUT2D eigenvalue weighted by atomic mass is 9.79. The summed E-state index contributed by atoms with van der Waals surface area (Å²) in [6.07, 6.45) is 0.827. The molecule has 0 saturated carbocycles. The first-order chi connectivity index (χ1) is 11.2. The molecule has 24 heavy (non-hydrogen) atoms. The smallest absolute Gasteiger partial charge is 0.399 e. The van der Waals surface area contributed by atoms with Crippen LogP contribution in [-0.2, 0) is 14.0 Å². The second-order valence-corrected chi connectivity index (χ2v) is 7.29. The van der Waals surface area contributed by atoms with Gasteiger partial charge >= 0.3 is 7.12 Å². The first-order valence-corrected chi connectivity index (χ1v) is 8.42. The molecule has 0 aromatic heterocycles. The molecule has 0 bridgehead atoms. The van der Waals surface area contributed by atoms with E-state index in [9.17, 15) is 4.79 Å². The van der Waals surface area contributed by atoms with E-state index in [1.807, 2.05) is 39.8 Å². The van der Waals surface area contributed by atoms with Gasteiger partial charge in [-0.05, 0) is 40.2 Å². The zero-order chi connectivity index (χ0) is 17.8. The molecule has 0 aliphatic carbocycles. The zero-order valence-corrected chi connectivity index (χ0v) is 15.4. The average Bonchev–Trinajstić information content (AvgIpc) is 2.77. The van der Waals surface area contributed by atoms with Crippen LogP contribution < -0.4 is 5.46 Å². The second-order valence-electron chi connectivity index (χ2n) is 7.29. The van der Waals surface area contributed by atoms with Crippen molar-refractivity contribution >= 4 is 18.9 Å². The van der Waals surface area contributed by atoms with E-state index in [-0.39, 0.29) is 18.3 Å². The largest absolute Gasteiger partial charge is 0.494 e. The van der Waals surface area contributed by atoms with Gasteiger partial charge in [-0.3, -0.25) is 4.79 Å². The Bertz CT molecular complexity index is 522. The van der Waals surface area contributed by atoms with Crippen LogP contribution in [0.25, 0.3) is 0 Å². The maximum absolute atomic E-state index is 10.6. The van der Waals surface area contributed by atoms with Crippen LogP contribution in [-0.4, -0.2) is 62.9 Å². The third-order valence-electron chi connectivity index (χ3n) is 4.83. The van der Waals surface area contributed by atoms with Gasteiger partial charge in [0, 0.05) is 18.7 Å². The maximum Gasteiger partial charge on any atom is 0.494 e. The van der Waals surface area contributed by atoms with E-state index in [4.69, 9.17) is 14.0 Å². The van der Waals surface area contributed by atoms with Gasteiger partial charge in [0.2, 0.25) is 0 Å². The van der Waals surface area contributed by atoms with Crippen LogP contribution in [0.5, 0.6) is 0 Å². The molecular formula is C18H28BNO4. The van der Waals surface area contributed by atoms with Crippen molar-refractivity contribution in [2.75, 3.05) is 33.4 Å². The fourth-order valence-electron chi connectivity index (χ4n) is 2.37. The molecular weight excluding hydrogens is 305 g/mol. The molecule has 0 unspecified atom stereocenters. The Morgan fingerprint density at radius 1 is 1.00 bits per heavy atom. The minimum absolute atomic E-state index is 0.332. The van der Waals surface area contributed by atoms with Gasteiger partial charge in [0.1, 0.15) is 6.29 Å². The number of carbonyl (C=O) groups is 1. The molecule has 2 aliphatic rings. The molecule has 132 valence electrons. The van der Waals surface area contributed by atoms with Crippen LogP contribution in [0.1, 0.15) is 38.1 Å². The van der Waals surface area contributed by atoms with Crippen LogP contribution in [0.2, 0.25) is 0 Å². The predicted octanol–water partition coefficient (Wildman–Crippen LogP) is 1.75. The van der Waals surface area contributed by atoms with E-state index in [0.717, 1.165) is 38.1 Å². The Labute approximate surface area is 145 Å². The zero-order valence-electron chi connectivity index (χ0n) is 15.4. The summed E-state index contributed by atoms with van der Waals surface area (Å²) in [4.78, 5) is 12.9. The van der Waals surface area contributed by atoms with Crippen LogP contribution in [0.4, 0.5) is 0 Å². The Balaban J connectivity index is 0.000000249. The fourth-order valence-corrected chi connectivity index (χ4v) is 2.37. The molecule has 0 radical (unpaired) electrons. The standard InChI is InChI=1S/C13H17BO3.C5H11NO/c1-12(2)13(3,4)17-14(16-12)11-7-5-10(9-15)6-8-11;1-6-2-4-7-5-3-6/h5-9H,1-4H3;2-5H2,1H3. The third-order valence-corrected chi connectivity index (χ3v) is 4.83. The summed E-state index contributed by atoms with van der Waals surface area (Å²) in [5.41, 5.74) is 0.932. The molecule has 2 aliphatic heterocycles. The summed E-state index contributed by atoms with van der Waals surface area (Å²) in [5.74, 6) is 0. The third kappa shape index (κ3) is 4.66. The number of likely N-dealkylation sites (N-methyl/N-ethyl adjacent to an activating group) is 1. The van der Waals surface area contributed by atoms with Gasteiger partial charge in [-0.2, -0.15) is 0 Å². The summed E-state index contributed by atoms with van der Waals surface area (Å²) in [7, 11) is 1.75. The number of rotatable bonds is 2. The van der Waals surface area contributed by atoms with Crippen LogP contribution >= 0.6 is 0 Å². The highest BCUT2D eigenvalue weighted by atomic mass is 16.7. The number of hydrogen-bond acceptors (Lipinski definition) is 5. The van der Waals surface area contributed by atoms with Crippen molar-refractivity contribution in [3.05, 3.63) is 29.8 Å². The Morgan fingerprint density at radius 3 is 1.88 bits per heavy atom. The first-order valence-electron chi connectivity index (χ1n) is 8.42. The molecule has 1 aromatic rings. The van der Waals surface area contributed by atoms with Gasteiger partial charge in [-0.25, -0.2) is 0 Å². The monoisotopic (exact) mass is 333 g/mol. The summed E-state index contributed by atoms with van der Waals surface area (Å²) < 4.78 is 16.9. The summed E-state index contributed by atoms with van der Waals surface area (Å²) in [6, 6.07) is 7.28. The molecule has 0 spiro atoms. The molecule has 0 atom stereocenters. The van der Waals surface area contributed by atoms with Crippen LogP contribution in [0, 0.1) is 0 Å². The Morgan fingerprint density at radius 2 is 1.50 bits per heavy atom. The molecule has 6 heteroatoms. The number of morpholine rings is 1. The normalized spacial score (nSPS) is 22.6. The summed E-state index contributed by atoms with van der Waals surface area (Å²) in [5, 5.41) is 0. The second kappa shape index (κ2) is 7.78. The van der Waals surface area contributed by atoms with Gasteiger partial charge in [0.15, 0.2) is 0 Å². The minimum atomic E-state index is -0.360. The van der Waals surface area contributed by atoms with Gasteiger partial charge in [0.05, 0.1) is 24.4 Å². The van der Waals surface area contributed by atoms with E-state index < -0.39 is 0 Å². The molecule has 0 N–H and O–H groups in total. The number of hydrogen-bond donors (Lipinski definition) is 0. The van der Waals surface area contributed by atoms with Crippen molar-refractivity contribution in [2.24, 2.45) is 0 Å². The van der Waals surface area contributed by atoms with Gasteiger partial charge in [-0.15, -0.1) is 0 Å². The van der Waals surface area contributed by atoms with Crippen molar-refractivity contribution < 1.29 is 18.8 Å². The van der Waals surface area contributed by atoms with Crippen LogP contribution in [0.3, 0.4) is 0 Å². The van der Waals surface area contributed by atoms with E-state index in [2.05, 4.69) is 11.9 Å². The average molecular weight is 333 g/mol. The van der Waals surface area contributed by atoms with Crippen LogP contribution in [0.15, 0.2) is 24.3 Å². The topological polar surface area (TPSA) is 48.0 Å². The number of benzene rings is 1. The molecule has 2 saturated heterocycles. The molecule has 2 heterocycles. The van der Waals surface area contributed by atoms with Crippen molar-refractivity contribution in [3.63, 3.8) is 0 Å². The Kier molecular flexibility index (Phi) is 6.20. The number of ether oxygens (including phenoxy) is 1. The lowest BCUT2D eigenvalue weighted by Gasteiger charge is -2.32. The van der Waals surface area contributed by atoms with E-state index in [1.165, 1.54) is 0 Å². The summed E-state index contributed by atoms with van der Waals surface area (Å²) >= 11 is 0. The van der Waals surface area contributed by atoms with Crippen molar-refractivity contribution in [1.82, 2.24) is 4.90 Å². The number of aldehydes is 1. The molecule has 5 nitrogen and oxygen atoms in total. The lowest BCUT2D eigenvalue weighted by molar-refractivity contribution is 0.00578. The van der Waals surface area contributed by atoms with Crippen molar-refractivity contribution in [1.29, 1.82) is 0 Å². The highest BCUT2D eigenvalue weighted by Crippen LogP contribution is 2.36. The fraction of sp³-hybridized carbons (Fsp3) is 0.611. The minimum Gasteiger partial charge on any atom is -0.399 e. The maximum atomic E-state index is 10.6. The molecule has 2 fully saturated rings.